The number of nitrogen functional groups attached to an aromatic ring is 1. The lowest BCUT2D eigenvalue weighted by atomic mass is 10.3. The van der Waals surface area contributed by atoms with Gasteiger partial charge in [0, 0.05) is 0 Å². The minimum absolute atomic E-state index is 0.126. The van der Waals surface area contributed by atoms with Gasteiger partial charge in [-0.25, -0.2) is 14.5 Å². The maximum Gasteiger partial charge on any atom is 0.358 e. The molecule has 0 radical (unpaired) electrons. The van der Waals surface area contributed by atoms with Gasteiger partial charge in [-0.2, -0.15) is 5.10 Å². The molecule has 2 N–H and O–H groups in total. The van der Waals surface area contributed by atoms with E-state index in [4.69, 9.17) is 5.73 Å². The molecule has 0 unspecified atom stereocenters. The van der Waals surface area contributed by atoms with Crippen molar-refractivity contribution >= 4 is 11.7 Å². The summed E-state index contributed by atoms with van der Waals surface area (Å²) in [7, 11) is 1.29. The molecule has 0 fully saturated rings. The number of carbonyl (C=O) groups is 1. The highest BCUT2D eigenvalue weighted by molar-refractivity contribution is 5.86. The molecule has 7 heteroatoms. The van der Waals surface area contributed by atoms with Crippen molar-refractivity contribution in [1.29, 1.82) is 0 Å². The summed E-state index contributed by atoms with van der Waals surface area (Å²) in [5.41, 5.74) is 8.02. The number of carbonyl (C=O) groups excluding carboxylic acids is 1. The summed E-state index contributed by atoms with van der Waals surface area (Å²) in [5.74, 6) is -0.117. The van der Waals surface area contributed by atoms with Gasteiger partial charge < -0.3 is 10.5 Å². The summed E-state index contributed by atoms with van der Waals surface area (Å²) < 4.78 is 6.14. The smallest absolute Gasteiger partial charge is 0.358 e. The first-order valence-electron chi connectivity index (χ1n) is 5.27. The number of hydrogen-bond donors (Lipinski definition) is 1. The number of anilines is 1. The maximum atomic E-state index is 11.4. The van der Waals surface area contributed by atoms with Gasteiger partial charge in [0.25, 0.3) is 0 Å². The quantitative estimate of drug-likeness (QED) is 0.782. The van der Waals surface area contributed by atoms with E-state index in [0.29, 0.717) is 17.2 Å². The number of aryl methyl sites for hydroxylation is 1. The Bertz CT molecular complexity index is 605. The van der Waals surface area contributed by atoms with Crippen LogP contribution in [0.3, 0.4) is 0 Å². The lowest BCUT2D eigenvalue weighted by Gasteiger charge is -2.04. The third-order valence-electron chi connectivity index (χ3n) is 2.58. The van der Waals surface area contributed by atoms with Crippen molar-refractivity contribution in [1.82, 2.24) is 19.7 Å². The summed E-state index contributed by atoms with van der Waals surface area (Å²) in [6, 6.07) is 0. The molecule has 2 aromatic heterocycles. The number of rotatable bonds is 2. The highest BCUT2D eigenvalue weighted by Crippen LogP contribution is 2.17. The summed E-state index contributed by atoms with van der Waals surface area (Å²) in [4.78, 5) is 19.5. The molecular formula is C11H13N5O2. The zero-order valence-electron chi connectivity index (χ0n) is 10.3. The number of esters is 1. The molecule has 2 heterocycles. The molecule has 0 saturated heterocycles. The van der Waals surface area contributed by atoms with Crippen LogP contribution in [-0.2, 0) is 4.74 Å². The van der Waals surface area contributed by atoms with Crippen LogP contribution in [0.25, 0.3) is 5.82 Å². The third kappa shape index (κ3) is 1.90. The van der Waals surface area contributed by atoms with Crippen molar-refractivity contribution in [2.45, 2.75) is 13.8 Å². The van der Waals surface area contributed by atoms with Gasteiger partial charge in [-0.3, -0.25) is 4.98 Å². The van der Waals surface area contributed by atoms with Gasteiger partial charge in [0.05, 0.1) is 36.6 Å². The van der Waals surface area contributed by atoms with Crippen molar-refractivity contribution in [2.24, 2.45) is 0 Å². The molecule has 7 nitrogen and oxygen atoms in total. The Balaban J connectivity index is 2.51. The Kier molecular flexibility index (Phi) is 2.97. The fourth-order valence-corrected chi connectivity index (χ4v) is 1.54. The number of nitrogens with zero attached hydrogens (tertiary/aromatic N) is 4. The number of nitrogens with two attached hydrogens (primary N) is 1. The van der Waals surface area contributed by atoms with Crippen LogP contribution in [0.5, 0.6) is 0 Å². The predicted octanol–water partition coefficient (Wildman–Crippen LogP) is 0.648. The third-order valence-corrected chi connectivity index (χ3v) is 2.58. The van der Waals surface area contributed by atoms with E-state index < -0.39 is 5.97 Å². The Morgan fingerprint density at radius 2 is 2.11 bits per heavy atom. The van der Waals surface area contributed by atoms with Crippen molar-refractivity contribution in [3.8, 4) is 5.82 Å². The molecule has 2 rings (SSSR count). The molecule has 0 atom stereocenters. The summed E-state index contributed by atoms with van der Waals surface area (Å²) in [6.07, 6.45) is 2.84. The van der Waals surface area contributed by atoms with Gasteiger partial charge in [-0.15, -0.1) is 0 Å². The first-order chi connectivity index (χ1) is 8.54. The average molecular weight is 247 g/mol. The van der Waals surface area contributed by atoms with Gasteiger partial charge in [0.2, 0.25) is 0 Å². The van der Waals surface area contributed by atoms with Crippen molar-refractivity contribution in [3.05, 3.63) is 29.5 Å². The molecule has 94 valence electrons. The van der Waals surface area contributed by atoms with Crippen molar-refractivity contribution < 1.29 is 9.53 Å². The molecular weight excluding hydrogens is 234 g/mol. The van der Waals surface area contributed by atoms with Gasteiger partial charge in [0.1, 0.15) is 0 Å². The van der Waals surface area contributed by atoms with Crippen LogP contribution in [0.4, 0.5) is 5.69 Å². The van der Waals surface area contributed by atoms with E-state index in [1.807, 2.05) is 6.92 Å². The van der Waals surface area contributed by atoms with Crippen molar-refractivity contribution in [3.63, 3.8) is 0 Å². The van der Waals surface area contributed by atoms with Crippen LogP contribution < -0.4 is 5.73 Å². The largest absolute Gasteiger partial charge is 0.464 e. The first kappa shape index (κ1) is 12.0. The van der Waals surface area contributed by atoms with E-state index in [1.54, 1.807) is 11.6 Å². The highest BCUT2D eigenvalue weighted by atomic mass is 16.5. The second-order valence-electron chi connectivity index (χ2n) is 3.75. The Hall–Kier alpha value is -2.44. The predicted molar refractivity (Wildman–Crippen MR) is 64.4 cm³/mol. The lowest BCUT2D eigenvalue weighted by molar-refractivity contribution is 0.0593. The van der Waals surface area contributed by atoms with Crippen LogP contribution in [0.15, 0.2) is 12.4 Å². The SMILES string of the molecule is COC(=O)c1cncc(-n2nc(C)c(N)c2C)n1. The van der Waals surface area contributed by atoms with Crippen LogP contribution >= 0.6 is 0 Å². The molecule has 18 heavy (non-hydrogen) atoms. The molecule has 0 aliphatic heterocycles. The summed E-state index contributed by atoms with van der Waals surface area (Å²) >= 11 is 0. The zero-order valence-corrected chi connectivity index (χ0v) is 10.3. The Morgan fingerprint density at radius 1 is 1.39 bits per heavy atom. The number of hydrogen-bond acceptors (Lipinski definition) is 6. The molecule has 0 aliphatic rings. The van der Waals surface area contributed by atoms with E-state index >= 15 is 0 Å². The monoisotopic (exact) mass is 247 g/mol. The molecule has 0 aromatic carbocycles. The van der Waals surface area contributed by atoms with Crippen LogP contribution in [0.1, 0.15) is 21.9 Å². The minimum atomic E-state index is -0.543. The molecule has 0 bridgehead atoms. The molecule has 0 aliphatic carbocycles. The lowest BCUT2D eigenvalue weighted by Crippen LogP contribution is -2.10. The average Bonchev–Trinajstić information content (AvgIpc) is 2.66. The zero-order chi connectivity index (χ0) is 13.3. The van der Waals surface area contributed by atoms with Crippen molar-refractivity contribution in [2.75, 3.05) is 12.8 Å². The van der Waals surface area contributed by atoms with Gasteiger partial charge in [0.15, 0.2) is 11.5 Å². The Morgan fingerprint density at radius 3 is 2.67 bits per heavy atom. The highest BCUT2D eigenvalue weighted by Gasteiger charge is 2.14. The minimum Gasteiger partial charge on any atom is -0.464 e. The Labute approximate surface area is 104 Å². The summed E-state index contributed by atoms with van der Waals surface area (Å²) in [6.45, 7) is 3.62. The van der Waals surface area contributed by atoms with E-state index in [2.05, 4.69) is 19.8 Å². The number of methoxy groups -OCH3 is 1. The van der Waals surface area contributed by atoms with E-state index in [1.165, 1.54) is 19.5 Å². The van der Waals surface area contributed by atoms with Crippen LogP contribution in [-0.4, -0.2) is 32.8 Å². The number of aromatic nitrogens is 4. The fourth-order valence-electron chi connectivity index (χ4n) is 1.54. The van der Waals surface area contributed by atoms with Gasteiger partial charge >= 0.3 is 5.97 Å². The standard InChI is InChI=1S/C11H13N5O2/c1-6-10(12)7(2)16(15-6)9-5-13-4-8(14-9)11(17)18-3/h4-5H,12H2,1-3H3. The summed E-state index contributed by atoms with van der Waals surface area (Å²) in [5, 5.41) is 4.24. The molecule has 0 saturated carbocycles. The first-order valence-corrected chi connectivity index (χ1v) is 5.27. The van der Waals surface area contributed by atoms with E-state index in [0.717, 1.165) is 5.69 Å². The van der Waals surface area contributed by atoms with E-state index in [9.17, 15) is 4.79 Å². The topological polar surface area (TPSA) is 95.9 Å². The second-order valence-corrected chi connectivity index (χ2v) is 3.75. The van der Waals surface area contributed by atoms with Gasteiger partial charge in [-0.1, -0.05) is 0 Å². The van der Waals surface area contributed by atoms with Crippen LogP contribution in [0.2, 0.25) is 0 Å². The second kappa shape index (κ2) is 4.44. The molecule has 0 amide bonds. The van der Waals surface area contributed by atoms with E-state index in [-0.39, 0.29) is 5.69 Å². The van der Waals surface area contributed by atoms with Gasteiger partial charge in [-0.05, 0) is 13.8 Å². The molecule has 2 aromatic rings. The maximum absolute atomic E-state index is 11.4. The van der Waals surface area contributed by atoms with Crippen LogP contribution in [0, 0.1) is 13.8 Å². The fraction of sp³-hybridized carbons (Fsp3) is 0.273. The number of ether oxygens (including phenoxy) is 1. The molecule has 0 spiro atoms. The normalized spacial score (nSPS) is 10.4.